The minimum Gasteiger partial charge on any atom is -0.490 e. The summed E-state index contributed by atoms with van der Waals surface area (Å²) in [6, 6.07) is 10.8. The highest BCUT2D eigenvalue weighted by atomic mass is 35.5. The average molecular weight is 417 g/mol. The van der Waals surface area contributed by atoms with Crippen LogP contribution >= 0.6 is 11.6 Å². The second-order valence-electron chi connectivity index (χ2n) is 6.74. The summed E-state index contributed by atoms with van der Waals surface area (Å²) in [5, 5.41) is 4.48. The molecule has 0 fully saturated rings. The van der Waals surface area contributed by atoms with Crippen LogP contribution in [-0.2, 0) is 0 Å². The molecule has 0 bridgehead atoms. The molecule has 0 radical (unpaired) electrons. The first-order chi connectivity index (χ1) is 14.0. The summed E-state index contributed by atoms with van der Waals surface area (Å²) in [5.74, 6) is 0.845. The molecule has 6 heteroatoms. The van der Waals surface area contributed by atoms with Crippen molar-refractivity contribution in [3.8, 4) is 11.5 Å². The Morgan fingerprint density at radius 3 is 2.55 bits per heavy atom. The first kappa shape index (κ1) is 22.8. The van der Waals surface area contributed by atoms with E-state index in [0.717, 1.165) is 18.4 Å². The summed E-state index contributed by atoms with van der Waals surface area (Å²) in [4.78, 5) is 12.1. The Morgan fingerprint density at radius 2 is 1.86 bits per heavy atom. The molecule has 2 aromatic carbocycles. The van der Waals surface area contributed by atoms with E-state index in [1.54, 1.807) is 24.3 Å². The number of rotatable bonds is 11. The van der Waals surface area contributed by atoms with Crippen LogP contribution in [0.15, 0.2) is 41.5 Å². The number of amides is 1. The third-order valence-electron chi connectivity index (χ3n) is 4.27. The lowest BCUT2D eigenvalue weighted by molar-refractivity contribution is 0.0955. The molecule has 0 spiro atoms. The summed E-state index contributed by atoms with van der Waals surface area (Å²) in [6.45, 7) is 7.14. The van der Waals surface area contributed by atoms with Crippen molar-refractivity contribution in [2.45, 2.75) is 46.5 Å². The van der Waals surface area contributed by atoms with Crippen LogP contribution < -0.4 is 14.9 Å². The summed E-state index contributed by atoms with van der Waals surface area (Å²) >= 11 is 6.41. The largest absolute Gasteiger partial charge is 0.490 e. The summed E-state index contributed by atoms with van der Waals surface area (Å²) in [6.07, 6.45) is 6.01. The number of halogens is 1. The topological polar surface area (TPSA) is 59.9 Å². The molecule has 156 valence electrons. The van der Waals surface area contributed by atoms with Gasteiger partial charge in [-0.3, -0.25) is 4.79 Å². The van der Waals surface area contributed by atoms with Gasteiger partial charge in [0.25, 0.3) is 5.91 Å². The SMILES string of the molecule is CCCCCCOc1c(Cl)cc(/C=N/NC(=O)c2ccc(C)cc2)cc1OCC. The van der Waals surface area contributed by atoms with Gasteiger partial charge in [0.1, 0.15) is 0 Å². The number of benzene rings is 2. The molecule has 0 aliphatic rings. The van der Waals surface area contributed by atoms with Gasteiger partial charge in [-0.2, -0.15) is 5.10 Å². The van der Waals surface area contributed by atoms with Crippen molar-refractivity contribution >= 4 is 23.7 Å². The standard InChI is InChI=1S/C23H29ClN2O3/c1-4-6-7-8-13-29-22-20(24)14-18(15-21(22)28-5-2)16-25-26-23(27)19-11-9-17(3)10-12-19/h9-12,14-16H,4-8,13H2,1-3H3,(H,26,27)/b25-16+. The molecule has 2 rings (SSSR count). The maximum Gasteiger partial charge on any atom is 0.271 e. The van der Waals surface area contributed by atoms with Crippen LogP contribution in [0.3, 0.4) is 0 Å². The van der Waals surface area contributed by atoms with Crippen LogP contribution in [0.25, 0.3) is 0 Å². The molecule has 5 nitrogen and oxygen atoms in total. The molecule has 0 saturated carbocycles. The molecule has 29 heavy (non-hydrogen) atoms. The highest BCUT2D eigenvalue weighted by molar-refractivity contribution is 6.32. The molecule has 0 aliphatic carbocycles. The lowest BCUT2D eigenvalue weighted by atomic mass is 10.1. The predicted molar refractivity (Wildman–Crippen MR) is 118 cm³/mol. The van der Waals surface area contributed by atoms with Gasteiger partial charge >= 0.3 is 0 Å². The van der Waals surface area contributed by atoms with Gasteiger partial charge in [-0.05, 0) is 50.1 Å². The quantitative estimate of drug-likeness (QED) is 0.287. The second kappa shape index (κ2) is 12.1. The molecule has 1 N–H and O–H groups in total. The van der Waals surface area contributed by atoms with Crippen molar-refractivity contribution in [1.82, 2.24) is 5.43 Å². The predicted octanol–water partition coefficient (Wildman–Crippen LogP) is 5.77. The number of unbranched alkanes of at least 4 members (excludes halogenated alkanes) is 3. The van der Waals surface area contributed by atoms with E-state index in [9.17, 15) is 4.79 Å². The molecule has 0 atom stereocenters. The zero-order chi connectivity index (χ0) is 21.1. The van der Waals surface area contributed by atoms with E-state index in [-0.39, 0.29) is 5.91 Å². The van der Waals surface area contributed by atoms with E-state index in [4.69, 9.17) is 21.1 Å². The molecule has 0 unspecified atom stereocenters. The average Bonchev–Trinajstić information content (AvgIpc) is 2.70. The van der Waals surface area contributed by atoms with Gasteiger partial charge in [-0.25, -0.2) is 5.43 Å². The Balaban J connectivity index is 2.03. The monoisotopic (exact) mass is 416 g/mol. The highest BCUT2D eigenvalue weighted by Gasteiger charge is 2.12. The Morgan fingerprint density at radius 1 is 1.10 bits per heavy atom. The number of carbonyl (C=O) groups excluding carboxylic acids is 1. The molecular formula is C23H29ClN2O3. The van der Waals surface area contributed by atoms with E-state index in [1.807, 2.05) is 26.0 Å². The Hall–Kier alpha value is -2.53. The molecule has 1 amide bonds. The van der Waals surface area contributed by atoms with Crippen LogP contribution in [0.1, 0.15) is 61.0 Å². The van der Waals surface area contributed by atoms with Crippen molar-refractivity contribution < 1.29 is 14.3 Å². The normalized spacial score (nSPS) is 10.9. The van der Waals surface area contributed by atoms with E-state index >= 15 is 0 Å². The number of ether oxygens (including phenoxy) is 2. The number of nitrogens with one attached hydrogen (secondary N) is 1. The Kier molecular flexibility index (Phi) is 9.51. The van der Waals surface area contributed by atoms with Gasteiger partial charge in [0.05, 0.1) is 24.5 Å². The number of hydrogen-bond donors (Lipinski definition) is 1. The molecule has 0 aliphatic heterocycles. The lowest BCUT2D eigenvalue weighted by Gasteiger charge is -2.14. The van der Waals surface area contributed by atoms with E-state index in [2.05, 4.69) is 17.5 Å². The van der Waals surface area contributed by atoms with Gasteiger partial charge in [-0.1, -0.05) is 55.5 Å². The number of hydrazone groups is 1. The summed E-state index contributed by atoms with van der Waals surface area (Å²) in [5.41, 5.74) is 4.87. The first-order valence-electron chi connectivity index (χ1n) is 10.0. The maximum absolute atomic E-state index is 12.1. The highest BCUT2D eigenvalue weighted by Crippen LogP contribution is 2.36. The molecule has 0 saturated heterocycles. The Labute approximate surface area is 178 Å². The molecule has 2 aromatic rings. The lowest BCUT2D eigenvalue weighted by Crippen LogP contribution is -2.17. The zero-order valence-electron chi connectivity index (χ0n) is 17.3. The number of nitrogens with zero attached hydrogens (tertiary/aromatic N) is 1. The first-order valence-corrected chi connectivity index (χ1v) is 10.4. The van der Waals surface area contributed by atoms with Crippen LogP contribution in [-0.4, -0.2) is 25.3 Å². The van der Waals surface area contributed by atoms with Crippen LogP contribution in [0.2, 0.25) is 5.02 Å². The molecular weight excluding hydrogens is 388 g/mol. The fraction of sp³-hybridized carbons (Fsp3) is 0.391. The van der Waals surface area contributed by atoms with E-state index in [1.165, 1.54) is 19.1 Å². The van der Waals surface area contributed by atoms with E-state index in [0.29, 0.717) is 40.9 Å². The second-order valence-corrected chi connectivity index (χ2v) is 7.14. The zero-order valence-corrected chi connectivity index (χ0v) is 18.1. The number of hydrogen-bond acceptors (Lipinski definition) is 4. The fourth-order valence-electron chi connectivity index (χ4n) is 2.70. The summed E-state index contributed by atoms with van der Waals surface area (Å²) < 4.78 is 11.5. The van der Waals surface area contributed by atoms with Gasteiger partial charge in [0.2, 0.25) is 0 Å². The minimum atomic E-state index is -0.274. The van der Waals surface area contributed by atoms with Crippen molar-refractivity contribution in [3.05, 3.63) is 58.1 Å². The Bertz CT molecular complexity index is 820. The maximum atomic E-state index is 12.1. The van der Waals surface area contributed by atoms with Crippen molar-refractivity contribution in [2.75, 3.05) is 13.2 Å². The van der Waals surface area contributed by atoms with Crippen LogP contribution in [0, 0.1) is 6.92 Å². The van der Waals surface area contributed by atoms with Crippen molar-refractivity contribution in [1.29, 1.82) is 0 Å². The van der Waals surface area contributed by atoms with Crippen molar-refractivity contribution in [3.63, 3.8) is 0 Å². The number of carbonyl (C=O) groups is 1. The molecule has 0 aromatic heterocycles. The van der Waals surface area contributed by atoms with E-state index < -0.39 is 0 Å². The van der Waals surface area contributed by atoms with Crippen molar-refractivity contribution in [2.24, 2.45) is 5.10 Å². The smallest absolute Gasteiger partial charge is 0.271 e. The van der Waals surface area contributed by atoms with Gasteiger partial charge in [0, 0.05) is 5.56 Å². The summed E-state index contributed by atoms with van der Waals surface area (Å²) in [7, 11) is 0. The van der Waals surface area contributed by atoms with Crippen LogP contribution in [0.5, 0.6) is 11.5 Å². The van der Waals surface area contributed by atoms with Gasteiger partial charge in [0.15, 0.2) is 11.5 Å². The van der Waals surface area contributed by atoms with Gasteiger partial charge in [-0.15, -0.1) is 0 Å². The molecule has 0 heterocycles. The third-order valence-corrected chi connectivity index (χ3v) is 4.55. The van der Waals surface area contributed by atoms with Crippen LogP contribution in [0.4, 0.5) is 0 Å². The van der Waals surface area contributed by atoms with Gasteiger partial charge < -0.3 is 9.47 Å². The third kappa shape index (κ3) is 7.42. The number of aryl methyl sites for hydroxylation is 1. The minimum absolute atomic E-state index is 0.274. The fourth-order valence-corrected chi connectivity index (χ4v) is 2.98.